The van der Waals surface area contributed by atoms with Gasteiger partial charge in [-0.1, -0.05) is 35.9 Å². The fraction of sp³-hybridized carbons (Fsp3) is 0.200. The summed E-state index contributed by atoms with van der Waals surface area (Å²) in [6.07, 6.45) is -4.85. The van der Waals surface area contributed by atoms with E-state index in [0.29, 0.717) is 5.56 Å². The molecule has 8 heteroatoms. The van der Waals surface area contributed by atoms with Crippen LogP contribution in [0.2, 0.25) is 0 Å². The molecule has 0 aliphatic heterocycles. The van der Waals surface area contributed by atoms with Gasteiger partial charge in [-0.3, -0.25) is 4.79 Å². The maximum absolute atomic E-state index is 13.9. The van der Waals surface area contributed by atoms with Gasteiger partial charge >= 0.3 is 6.18 Å². The van der Waals surface area contributed by atoms with Crippen molar-refractivity contribution < 1.29 is 13.2 Å². The van der Waals surface area contributed by atoms with Gasteiger partial charge in [0.15, 0.2) is 0 Å². The van der Waals surface area contributed by atoms with E-state index in [4.69, 9.17) is 0 Å². The normalized spacial score (nSPS) is 11.2. The molecule has 0 fully saturated rings. The van der Waals surface area contributed by atoms with Gasteiger partial charge in [0.1, 0.15) is 11.6 Å². The molecular formula is C30H27F3N4O. The Hall–Kier alpha value is -4.51. The molecule has 0 saturated heterocycles. The summed E-state index contributed by atoms with van der Waals surface area (Å²) in [7, 11) is 1.85. The number of nitrogens with zero attached hydrogens (tertiary/aromatic N) is 2. The SMILES string of the molecule is CNc1ccc(Nc2ccc(-c3cc(C(F)(F)F)c(C#N)c(=O)n3Cc3ccc(C)cc3C)cc2)cc1C. The van der Waals surface area contributed by atoms with Crippen LogP contribution in [0.3, 0.4) is 0 Å². The van der Waals surface area contributed by atoms with Crippen molar-refractivity contribution in [2.45, 2.75) is 33.5 Å². The van der Waals surface area contributed by atoms with E-state index in [1.54, 1.807) is 24.3 Å². The van der Waals surface area contributed by atoms with Crippen LogP contribution in [0.15, 0.2) is 71.5 Å². The summed E-state index contributed by atoms with van der Waals surface area (Å²) in [6.45, 7) is 5.84. The van der Waals surface area contributed by atoms with Gasteiger partial charge in [0.05, 0.1) is 17.8 Å². The highest BCUT2D eigenvalue weighted by Gasteiger charge is 2.36. The van der Waals surface area contributed by atoms with E-state index in [2.05, 4.69) is 10.6 Å². The summed E-state index contributed by atoms with van der Waals surface area (Å²) >= 11 is 0. The second kappa shape index (κ2) is 10.5. The zero-order valence-electron chi connectivity index (χ0n) is 21.5. The number of hydrogen-bond donors (Lipinski definition) is 2. The fourth-order valence-electron chi connectivity index (χ4n) is 4.48. The average Bonchev–Trinajstić information content (AvgIpc) is 2.86. The van der Waals surface area contributed by atoms with Gasteiger partial charge < -0.3 is 15.2 Å². The van der Waals surface area contributed by atoms with Crippen LogP contribution >= 0.6 is 0 Å². The van der Waals surface area contributed by atoms with Crippen LogP contribution < -0.4 is 16.2 Å². The Labute approximate surface area is 219 Å². The van der Waals surface area contributed by atoms with Gasteiger partial charge in [0.25, 0.3) is 5.56 Å². The maximum Gasteiger partial charge on any atom is 0.417 e. The minimum Gasteiger partial charge on any atom is -0.388 e. The zero-order chi connectivity index (χ0) is 27.6. The van der Waals surface area contributed by atoms with Crippen molar-refractivity contribution in [2.75, 3.05) is 17.7 Å². The Morgan fingerprint density at radius 3 is 2.16 bits per heavy atom. The summed E-state index contributed by atoms with van der Waals surface area (Å²) < 4.78 is 42.8. The monoisotopic (exact) mass is 516 g/mol. The number of aryl methyl sites for hydroxylation is 3. The van der Waals surface area contributed by atoms with Crippen LogP contribution in [0.25, 0.3) is 11.3 Å². The number of pyridine rings is 1. The van der Waals surface area contributed by atoms with Gasteiger partial charge in [-0.2, -0.15) is 18.4 Å². The van der Waals surface area contributed by atoms with E-state index in [1.807, 2.05) is 64.2 Å². The van der Waals surface area contributed by atoms with E-state index in [9.17, 15) is 23.2 Å². The Kier molecular flexibility index (Phi) is 7.31. The van der Waals surface area contributed by atoms with Crippen molar-refractivity contribution in [3.63, 3.8) is 0 Å². The second-order valence-electron chi connectivity index (χ2n) is 9.23. The molecule has 0 saturated carbocycles. The van der Waals surface area contributed by atoms with E-state index >= 15 is 0 Å². The first-order valence-electron chi connectivity index (χ1n) is 12.0. The number of nitrogens with one attached hydrogen (secondary N) is 2. The molecule has 3 aromatic carbocycles. The molecule has 2 N–H and O–H groups in total. The summed E-state index contributed by atoms with van der Waals surface area (Å²) in [6, 6.07) is 20.7. The molecule has 38 heavy (non-hydrogen) atoms. The molecule has 0 spiro atoms. The molecule has 1 aromatic heterocycles. The quantitative estimate of drug-likeness (QED) is 0.285. The average molecular weight is 517 g/mol. The maximum atomic E-state index is 13.9. The van der Waals surface area contributed by atoms with Gasteiger partial charge in [-0.05, 0) is 79.4 Å². The third-order valence-corrected chi connectivity index (χ3v) is 6.51. The summed E-state index contributed by atoms with van der Waals surface area (Å²) in [5.41, 5.74) is 3.76. The summed E-state index contributed by atoms with van der Waals surface area (Å²) in [5, 5.41) is 15.9. The van der Waals surface area contributed by atoms with E-state index < -0.39 is 22.9 Å². The van der Waals surface area contributed by atoms with Gasteiger partial charge in [0, 0.05) is 24.1 Å². The minimum absolute atomic E-state index is 0.0319. The molecule has 4 aromatic rings. The number of aromatic nitrogens is 1. The highest BCUT2D eigenvalue weighted by Crippen LogP contribution is 2.34. The lowest BCUT2D eigenvalue weighted by Crippen LogP contribution is -2.29. The molecule has 0 aliphatic rings. The van der Waals surface area contributed by atoms with Crippen molar-refractivity contribution in [3.05, 3.63) is 110 Å². The number of rotatable bonds is 6. The molecule has 4 rings (SSSR count). The lowest BCUT2D eigenvalue weighted by molar-refractivity contribution is -0.137. The third-order valence-electron chi connectivity index (χ3n) is 6.51. The molecule has 194 valence electrons. The van der Waals surface area contributed by atoms with Crippen LogP contribution in [-0.4, -0.2) is 11.6 Å². The molecule has 0 aliphatic carbocycles. The molecule has 5 nitrogen and oxygen atoms in total. The Morgan fingerprint density at radius 1 is 0.895 bits per heavy atom. The number of hydrogen-bond acceptors (Lipinski definition) is 4. The van der Waals surface area contributed by atoms with Crippen molar-refractivity contribution in [3.8, 4) is 17.3 Å². The van der Waals surface area contributed by atoms with Crippen molar-refractivity contribution >= 4 is 17.1 Å². The van der Waals surface area contributed by atoms with E-state index in [1.165, 1.54) is 10.6 Å². The number of benzene rings is 3. The molecule has 1 heterocycles. The Balaban J connectivity index is 1.80. The summed E-state index contributed by atoms with van der Waals surface area (Å²) in [4.78, 5) is 13.3. The first-order chi connectivity index (χ1) is 18.0. The fourth-order valence-corrected chi connectivity index (χ4v) is 4.48. The van der Waals surface area contributed by atoms with Crippen molar-refractivity contribution in [1.82, 2.24) is 4.57 Å². The minimum atomic E-state index is -4.85. The van der Waals surface area contributed by atoms with Crippen molar-refractivity contribution in [2.24, 2.45) is 0 Å². The number of anilines is 3. The highest BCUT2D eigenvalue weighted by atomic mass is 19.4. The smallest absolute Gasteiger partial charge is 0.388 e. The first-order valence-corrected chi connectivity index (χ1v) is 12.0. The van der Waals surface area contributed by atoms with Crippen LogP contribution in [0.1, 0.15) is 33.4 Å². The number of halogens is 3. The lowest BCUT2D eigenvalue weighted by atomic mass is 10.0. The molecule has 0 radical (unpaired) electrons. The number of nitriles is 1. The van der Waals surface area contributed by atoms with E-state index in [-0.39, 0.29) is 12.2 Å². The first kappa shape index (κ1) is 26.6. The number of alkyl halides is 3. The van der Waals surface area contributed by atoms with Crippen LogP contribution in [-0.2, 0) is 12.7 Å². The molecule has 0 atom stereocenters. The Bertz CT molecular complexity index is 1600. The lowest BCUT2D eigenvalue weighted by Gasteiger charge is -2.19. The predicted molar refractivity (Wildman–Crippen MR) is 145 cm³/mol. The van der Waals surface area contributed by atoms with Crippen molar-refractivity contribution in [1.29, 1.82) is 5.26 Å². The summed E-state index contributed by atoms with van der Waals surface area (Å²) in [5.74, 6) is 0. The predicted octanol–water partition coefficient (Wildman–Crippen LogP) is 7.16. The van der Waals surface area contributed by atoms with Crippen LogP contribution in [0.4, 0.5) is 30.2 Å². The second-order valence-corrected chi connectivity index (χ2v) is 9.23. The van der Waals surface area contributed by atoms with Gasteiger partial charge in [-0.25, -0.2) is 0 Å². The standard InChI is InChI=1S/C30H27F3N4O/c1-18-5-6-22(19(2)13-18)17-37-28(15-26(30(31,32)33)25(16-34)29(37)38)21-7-9-23(10-8-21)36-24-11-12-27(35-4)20(3)14-24/h5-15,35-36H,17H2,1-4H3. The Morgan fingerprint density at radius 2 is 1.58 bits per heavy atom. The van der Waals surface area contributed by atoms with Crippen LogP contribution in [0, 0.1) is 32.1 Å². The molecule has 0 bridgehead atoms. The van der Waals surface area contributed by atoms with E-state index in [0.717, 1.165) is 45.4 Å². The highest BCUT2D eigenvalue weighted by molar-refractivity contribution is 5.69. The topological polar surface area (TPSA) is 69.8 Å². The van der Waals surface area contributed by atoms with Gasteiger partial charge in [-0.15, -0.1) is 0 Å². The van der Waals surface area contributed by atoms with Crippen LogP contribution in [0.5, 0.6) is 0 Å². The third kappa shape index (κ3) is 5.42. The largest absolute Gasteiger partial charge is 0.417 e. The molecule has 0 amide bonds. The zero-order valence-corrected chi connectivity index (χ0v) is 21.5. The molecular weight excluding hydrogens is 489 g/mol. The van der Waals surface area contributed by atoms with Gasteiger partial charge in [0.2, 0.25) is 0 Å². The molecule has 0 unspecified atom stereocenters.